The van der Waals surface area contributed by atoms with Crippen LogP contribution in [0.15, 0.2) is 24.3 Å². The molecule has 0 spiro atoms. The zero-order valence-electron chi connectivity index (χ0n) is 14.2. The van der Waals surface area contributed by atoms with E-state index in [0.717, 1.165) is 25.7 Å². The molecule has 2 rings (SSSR count). The fraction of sp³-hybridized carbons (Fsp3) is 0.500. The summed E-state index contributed by atoms with van der Waals surface area (Å²) in [6.07, 6.45) is 5.27. The number of nitrogens with one attached hydrogen (secondary N) is 3. The molecule has 0 atom stereocenters. The van der Waals surface area contributed by atoms with Crippen LogP contribution in [0.3, 0.4) is 0 Å². The quantitative estimate of drug-likeness (QED) is 0.732. The first-order valence-electron chi connectivity index (χ1n) is 8.48. The van der Waals surface area contributed by atoms with Gasteiger partial charge in [-0.05, 0) is 57.1 Å². The van der Waals surface area contributed by atoms with Gasteiger partial charge in [-0.2, -0.15) is 0 Å². The molecule has 1 aliphatic carbocycles. The van der Waals surface area contributed by atoms with E-state index < -0.39 is 0 Å². The third-order valence-electron chi connectivity index (χ3n) is 4.02. The van der Waals surface area contributed by atoms with E-state index in [1.807, 2.05) is 19.9 Å². The Morgan fingerprint density at radius 3 is 2.54 bits per heavy atom. The van der Waals surface area contributed by atoms with Crippen molar-refractivity contribution >= 4 is 34.8 Å². The summed E-state index contributed by atoms with van der Waals surface area (Å²) < 4.78 is 0. The van der Waals surface area contributed by atoms with E-state index in [0.29, 0.717) is 11.3 Å². The molecule has 1 aromatic carbocycles. The van der Waals surface area contributed by atoms with E-state index in [2.05, 4.69) is 16.0 Å². The Kier molecular flexibility index (Phi) is 6.73. The maximum Gasteiger partial charge on any atom is 0.251 e. The number of hydrogen-bond acceptors (Lipinski definition) is 3. The highest BCUT2D eigenvalue weighted by atomic mass is 32.1. The van der Waals surface area contributed by atoms with Crippen molar-refractivity contribution in [3.05, 3.63) is 29.8 Å². The van der Waals surface area contributed by atoms with Crippen LogP contribution in [0, 0.1) is 5.92 Å². The molecule has 0 aromatic heterocycles. The molecule has 1 aromatic rings. The first-order chi connectivity index (χ1) is 11.5. The van der Waals surface area contributed by atoms with Crippen LogP contribution in [0.5, 0.6) is 0 Å². The van der Waals surface area contributed by atoms with Gasteiger partial charge in [-0.1, -0.05) is 25.3 Å². The predicted octanol–water partition coefficient (Wildman–Crippen LogP) is 3.22. The lowest BCUT2D eigenvalue weighted by molar-refractivity contribution is -0.124. The molecule has 0 bridgehead atoms. The molecule has 0 unspecified atom stereocenters. The second-order valence-electron chi connectivity index (χ2n) is 6.49. The Morgan fingerprint density at radius 2 is 1.88 bits per heavy atom. The van der Waals surface area contributed by atoms with Gasteiger partial charge in [0.2, 0.25) is 5.91 Å². The normalized spacial score (nSPS) is 15.0. The van der Waals surface area contributed by atoms with Crippen LogP contribution in [0.2, 0.25) is 0 Å². The topological polar surface area (TPSA) is 70.2 Å². The fourth-order valence-electron chi connectivity index (χ4n) is 2.82. The lowest BCUT2D eigenvalue weighted by atomic mass is 9.89. The Labute approximate surface area is 148 Å². The summed E-state index contributed by atoms with van der Waals surface area (Å²) in [4.78, 5) is 24.2. The number of carbonyl (C=O) groups excluding carboxylic acids is 2. The molecule has 24 heavy (non-hydrogen) atoms. The third-order valence-corrected chi connectivity index (χ3v) is 4.22. The summed E-state index contributed by atoms with van der Waals surface area (Å²) in [5.41, 5.74) is 1.23. The van der Waals surface area contributed by atoms with Crippen LogP contribution in [0.1, 0.15) is 56.3 Å². The molecule has 3 N–H and O–H groups in total. The van der Waals surface area contributed by atoms with Crippen LogP contribution in [0.25, 0.3) is 0 Å². The molecular formula is C18H25N3O2S. The predicted molar refractivity (Wildman–Crippen MR) is 100.0 cm³/mol. The minimum atomic E-state index is -0.134. The Balaban J connectivity index is 1.91. The summed E-state index contributed by atoms with van der Waals surface area (Å²) in [5, 5.41) is 8.86. The number of rotatable bonds is 4. The van der Waals surface area contributed by atoms with Crippen molar-refractivity contribution in [3.8, 4) is 0 Å². The van der Waals surface area contributed by atoms with Gasteiger partial charge in [-0.25, -0.2) is 0 Å². The summed E-state index contributed by atoms with van der Waals surface area (Å²) in [6, 6.07) is 7.13. The molecule has 6 heteroatoms. The molecule has 1 fully saturated rings. The van der Waals surface area contributed by atoms with Crippen molar-refractivity contribution in [2.45, 2.75) is 52.0 Å². The van der Waals surface area contributed by atoms with Crippen molar-refractivity contribution < 1.29 is 9.59 Å². The van der Waals surface area contributed by atoms with Gasteiger partial charge in [0.1, 0.15) is 0 Å². The first-order valence-corrected chi connectivity index (χ1v) is 8.89. The fourth-order valence-corrected chi connectivity index (χ4v) is 3.04. The van der Waals surface area contributed by atoms with Gasteiger partial charge in [0, 0.05) is 23.2 Å². The van der Waals surface area contributed by atoms with Crippen LogP contribution in [-0.2, 0) is 4.79 Å². The second-order valence-corrected chi connectivity index (χ2v) is 6.90. The van der Waals surface area contributed by atoms with Crippen molar-refractivity contribution in [1.29, 1.82) is 0 Å². The summed E-state index contributed by atoms with van der Waals surface area (Å²) >= 11 is 5.22. The summed E-state index contributed by atoms with van der Waals surface area (Å²) in [6.45, 7) is 3.83. The van der Waals surface area contributed by atoms with Crippen LogP contribution < -0.4 is 16.0 Å². The van der Waals surface area contributed by atoms with Crippen LogP contribution in [0.4, 0.5) is 5.69 Å². The van der Waals surface area contributed by atoms with Gasteiger partial charge in [-0.3, -0.25) is 9.59 Å². The maximum absolute atomic E-state index is 12.2. The van der Waals surface area contributed by atoms with E-state index in [4.69, 9.17) is 12.2 Å². The Morgan fingerprint density at radius 1 is 1.17 bits per heavy atom. The first kappa shape index (κ1) is 18.4. The number of amides is 2. The second kappa shape index (κ2) is 8.78. The lowest BCUT2D eigenvalue weighted by Gasteiger charge is -2.21. The minimum Gasteiger partial charge on any atom is -0.350 e. The highest BCUT2D eigenvalue weighted by molar-refractivity contribution is 7.80. The van der Waals surface area contributed by atoms with Crippen molar-refractivity contribution in [3.63, 3.8) is 0 Å². The van der Waals surface area contributed by atoms with Crippen LogP contribution in [-0.4, -0.2) is 23.0 Å². The molecule has 2 amide bonds. The van der Waals surface area contributed by atoms with Gasteiger partial charge < -0.3 is 16.0 Å². The molecule has 5 nitrogen and oxygen atoms in total. The molecule has 0 heterocycles. The van der Waals surface area contributed by atoms with Gasteiger partial charge in [0.15, 0.2) is 5.11 Å². The van der Waals surface area contributed by atoms with E-state index in [1.165, 1.54) is 6.42 Å². The lowest BCUT2D eigenvalue weighted by Crippen LogP contribution is -2.39. The number of carbonyl (C=O) groups is 2. The van der Waals surface area contributed by atoms with E-state index in [1.54, 1.807) is 18.2 Å². The van der Waals surface area contributed by atoms with Gasteiger partial charge in [0.05, 0.1) is 0 Å². The van der Waals surface area contributed by atoms with Gasteiger partial charge in [-0.15, -0.1) is 0 Å². The SMILES string of the molecule is CC(C)NC(=O)c1cccc(NC(=S)NC(=O)C2CCCCC2)c1. The molecular weight excluding hydrogens is 322 g/mol. The maximum atomic E-state index is 12.2. The van der Waals surface area contributed by atoms with E-state index >= 15 is 0 Å². The molecule has 130 valence electrons. The van der Waals surface area contributed by atoms with Crippen molar-refractivity contribution in [1.82, 2.24) is 10.6 Å². The monoisotopic (exact) mass is 347 g/mol. The summed E-state index contributed by atoms with van der Waals surface area (Å²) in [7, 11) is 0. The highest BCUT2D eigenvalue weighted by Gasteiger charge is 2.21. The van der Waals surface area contributed by atoms with Crippen LogP contribution >= 0.6 is 12.2 Å². The highest BCUT2D eigenvalue weighted by Crippen LogP contribution is 2.23. The Hall–Kier alpha value is -1.95. The smallest absolute Gasteiger partial charge is 0.251 e. The van der Waals surface area contributed by atoms with Gasteiger partial charge in [0.25, 0.3) is 5.91 Å². The minimum absolute atomic E-state index is 0.0131. The molecule has 1 aliphatic rings. The average molecular weight is 347 g/mol. The zero-order valence-corrected chi connectivity index (χ0v) is 15.0. The summed E-state index contributed by atoms with van der Waals surface area (Å²) in [5.74, 6) is -0.0895. The molecule has 0 radical (unpaired) electrons. The van der Waals surface area contributed by atoms with Crippen molar-refractivity contribution in [2.75, 3.05) is 5.32 Å². The van der Waals surface area contributed by atoms with E-state index in [9.17, 15) is 9.59 Å². The number of benzene rings is 1. The molecule has 0 aliphatic heterocycles. The third kappa shape index (κ3) is 5.60. The zero-order chi connectivity index (χ0) is 17.5. The average Bonchev–Trinajstić information content (AvgIpc) is 2.55. The van der Waals surface area contributed by atoms with Crippen molar-refractivity contribution in [2.24, 2.45) is 5.92 Å². The molecule has 1 saturated carbocycles. The number of thiocarbonyl (C=S) groups is 1. The molecule has 0 saturated heterocycles. The van der Waals surface area contributed by atoms with Gasteiger partial charge >= 0.3 is 0 Å². The largest absolute Gasteiger partial charge is 0.350 e. The number of hydrogen-bond donors (Lipinski definition) is 3. The Bertz CT molecular complexity index is 610. The number of anilines is 1. The van der Waals surface area contributed by atoms with E-state index in [-0.39, 0.29) is 28.9 Å². The standard InChI is InChI=1S/C18H25N3O2S/c1-12(2)19-17(23)14-9-6-10-15(11-14)20-18(24)21-16(22)13-7-4-3-5-8-13/h6,9-13H,3-5,7-8H2,1-2H3,(H,19,23)(H2,20,21,22,24).